The molecule has 1 aromatic carbocycles. The zero-order valence-electron chi connectivity index (χ0n) is 6.87. The van der Waals surface area contributed by atoms with Crippen molar-refractivity contribution in [1.29, 1.82) is 0 Å². The Balaban J connectivity index is 3.30. The van der Waals surface area contributed by atoms with E-state index in [1.165, 1.54) is 19.2 Å². The summed E-state index contributed by atoms with van der Waals surface area (Å²) in [5.41, 5.74) is 5.81. The Labute approximate surface area is 79.9 Å². The minimum atomic E-state index is -1.07. The van der Waals surface area contributed by atoms with Crippen LogP contribution in [0.4, 0.5) is 5.69 Å². The molecule has 3 N–H and O–H groups in total. The van der Waals surface area contributed by atoms with Crippen molar-refractivity contribution in [3.05, 3.63) is 22.7 Å². The lowest BCUT2D eigenvalue weighted by Crippen LogP contribution is -2.00. The second-order valence-corrected chi connectivity index (χ2v) is 2.79. The molecular formula is C8H8ClNO3. The quantitative estimate of drug-likeness (QED) is 0.714. The zero-order chi connectivity index (χ0) is 10.0. The SMILES string of the molecule is COc1cc(C(=O)O)cc(Cl)c1N. The number of hydrogen-bond donors (Lipinski definition) is 2. The van der Waals surface area contributed by atoms with Gasteiger partial charge in [0.1, 0.15) is 5.75 Å². The fraction of sp³-hybridized carbons (Fsp3) is 0.125. The lowest BCUT2D eigenvalue weighted by atomic mass is 10.2. The van der Waals surface area contributed by atoms with Crippen molar-refractivity contribution in [3.63, 3.8) is 0 Å². The summed E-state index contributed by atoms with van der Waals surface area (Å²) in [6, 6.07) is 2.60. The second-order valence-electron chi connectivity index (χ2n) is 2.38. The van der Waals surface area contributed by atoms with E-state index in [-0.39, 0.29) is 22.0 Å². The smallest absolute Gasteiger partial charge is 0.335 e. The number of anilines is 1. The molecule has 13 heavy (non-hydrogen) atoms. The van der Waals surface area contributed by atoms with Crippen molar-refractivity contribution < 1.29 is 14.6 Å². The predicted molar refractivity (Wildman–Crippen MR) is 49.4 cm³/mol. The van der Waals surface area contributed by atoms with Gasteiger partial charge >= 0.3 is 5.97 Å². The summed E-state index contributed by atoms with van der Waals surface area (Å²) < 4.78 is 4.84. The molecule has 0 aromatic heterocycles. The number of nitrogens with two attached hydrogens (primary N) is 1. The Kier molecular flexibility index (Phi) is 2.63. The van der Waals surface area contributed by atoms with Gasteiger partial charge in [0.25, 0.3) is 0 Å². The Morgan fingerprint density at radius 3 is 2.69 bits per heavy atom. The van der Waals surface area contributed by atoms with E-state index in [2.05, 4.69) is 0 Å². The van der Waals surface area contributed by atoms with E-state index >= 15 is 0 Å². The van der Waals surface area contributed by atoms with Gasteiger partial charge in [-0.2, -0.15) is 0 Å². The lowest BCUT2D eigenvalue weighted by molar-refractivity contribution is 0.0696. The normalized spacial score (nSPS) is 9.69. The van der Waals surface area contributed by atoms with Gasteiger partial charge in [-0.1, -0.05) is 11.6 Å². The topological polar surface area (TPSA) is 72.5 Å². The number of carboxylic acid groups (broad SMARTS) is 1. The van der Waals surface area contributed by atoms with Crippen LogP contribution in [-0.2, 0) is 0 Å². The molecule has 0 saturated heterocycles. The number of carboxylic acids is 1. The Bertz CT molecular complexity index is 351. The van der Waals surface area contributed by atoms with E-state index in [0.29, 0.717) is 0 Å². The minimum absolute atomic E-state index is 0.0519. The first-order valence-corrected chi connectivity index (χ1v) is 3.80. The van der Waals surface area contributed by atoms with Crippen LogP contribution in [-0.4, -0.2) is 18.2 Å². The van der Waals surface area contributed by atoms with Crippen molar-refractivity contribution in [3.8, 4) is 5.75 Å². The van der Waals surface area contributed by atoms with Crippen molar-refractivity contribution in [2.75, 3.05) is 12.8 Å². The Hall–Kier alpha value is -1.42. The molecule has 0 heterocycles. The minimum Gasteiger partial charge on any atom is -0.495 e. The summed E-state index contributed by atoms with van der Waals surface area (Å²) in [7, 11) is 1.40. The maximum Gasteiger partial charge on any atom is 0.335 e. The highest BCUT2D eigenvalue weighted by Crippen LogP contribution is 2.30. The van der Waals surface area contributed by atoms with Crippen LogP contribution in [0, 0.1) is 0 Å². The third kappa shape index (κ3) is 1.84. The van der Waals surface area contributed by atoms with Crippen LogP contribution >= 0.6 is 11.6 Å². The molecule has 5 heteroatoms. The first-order valence-electron chi connectivity index (χ1n) is 3.42. The van der Waals surface area contributed by atoms with Crippen LogP contribution in [0.2, 0.25) is 5.02 Å². The number of methoxy groups -OCH3 is 1. The van der Waals surface area contributed by atoms with E-state index in [1.54, 1.807) is 0 Å². The van der Waals surface area contributed by atoms with Gasteiger partial charge in [-0.25, -0.2) is 4.79 Å². The summed E-state index contributed by atoms with van der Waals surface area (Å²) in [5.74, 6) is -0.801. The van der Waals surface area contributed by atoms with Crippen LogP contribution in [0.3, 0.4) is 0 Å². The molecule has 70 valence electrons. The highest BCUT2D eigenvalue weighted by atomic mass is 35.5. The van der Waals surface area contributed by atoms with Gasteiger partial charge in [0.05, 0.1) is 23.4 Å². The van der Waals surface area contributed by atoms with E-state index in [4.69, 9.17) is 27.2 Å². The largest absolute Gasteiger partial charge is 0.495 e. The fourth-order valence-electron chi connectivity index (χ4n) is 0.885. The molecule has 0 aliphatic rings. The Morgan fingerprint density at radius 1 is 1.62 bits per heavy atom. The molecule has 0 unspecified atom stereocenters. The lowest BCUT2D eigenvalue weighted by Gasteiger charge is -2.06. The summed E-state index contributed by atoms with van der Waals surface area (Å²) in [4.78, 5) is 10.6. The average molecular weight is 202 g/mol. The highest BCUT2D eigenvalue weighted by Gasteiger charge is 2.10. The molecule has 0 amide bonds. The summed E-state index contributed by atoms with van der Waals surface area (Å²) in [6.45, 7) is 0. The van der Waals surface area contributed by atoms with Crippen LogP contribution in [0.1, 0.15) is 10.4 Å². The molecule has 0 aliphatic carbocycles. The molecule has 1 rings (SSSR count). The molecule has 0 aliphatic heterocycles. The zero-order valence-corrected chi connectivity index (χ0v) is 7.63. The predicted octanol–water partition coefficient (Wildman–Crippen LogP) is 1.63. The first-order chi connectivity index (χ1) is 6.06. The van der Waals surface area contributed by atoms with Crippen LogP contribution in [0.15, 0.2) is 12.1 Å². The molecule has 0 atom stereocenters. The molecule has 0 bridgehead atoms. The number of benzene rings is 1. The van der Waals surface area contributed by atoms with Crippen LogP contribution in [0.5, 0.6) is 5.75 Å². The first kappa shape index (κ1) is 9.67. The summed E-state index contributed by atoms with van der Waals surface area (Å²) in [5, 5.41) is 8.84. The van der Waals surface area contributed by atoms with E-state index < -0.39 is 5.97 Å². The Morgan fingerprint density at radius 2 is 2.23 bits per heavy atom. The number of rotatable bonds is 2. The van der Waals surface area contributed by atoms with E-state index in [0.717, 1.165) is 0 Å². The fourth-order valence-corrected chi connectivity index (χ4v) is 1.10. The van der Waals surface area contributed by atoms with Gasteiger partial charge < -0.3 is 15.6 Å². The van der Waals surface area contributed by atoms with Gasteiger partial charge in [0.2, 0.25) is 0 Å². The molecule has 1 aromatic rings. The standard InChI is InChI=1S/C8H8ClNO3/c1-13-6-3-4(8(11)12)2-5(9)7(6)10/h2-3H,10H2,1H3,(H,11,12). The molecular weight excluding hydrogens is 194 g/mol. The highest BCUT2D eigenvalue weighted by molar-refractivity contribution is 6.33. The van der Waals surface area contributed by atoms with Crippen LogP contribution in [0.25, 0.3) is 0 Å². The molecule has 4 nitrogen and oxygen atoms in total. The van der Waals surface area contributed by atoms with Crippen molar-refractivity contribution >= 4 is 23.3 Å². The third-order valence-corrected chi connectivity index (χ3v) is 1.87. The maximum atomic E-state index is 10.6. The van der Waals surface area contributed by atoms with Gasteiger partial charge in [0.15, 0.2) is 0 Å². The molecule has 0 saturated carbocycles. The molecule has 0 radical (unpaired) electrons. The number of halogens is 1. The van der Waals surface area contributed by atoms with Crippen molar-refractivity contribution in [2.24, 2.45) is 0 Å². The van der Waals surface area contributed by atoms with Gasteiger partial charge in [-0.05, 0) is 12.1 Å². The number of ether oxygens (including phenoxy) is 1. The second kappa shape index (κ2) is 3.53. The number of nitrogen functional groups attached to an aromatic ring is 1. The summed E-state index contributed by atoms with van der Waals surface area (Å²) in [6.07, 6.45) is 0. The van der Waals surface area contributed by atoms with Gasteiger partial charge in [0, 0.05) is 0 Å². The average Bonchev–Trinajstić information content (AvgIpc) is 2.09. The number of hydrogen-bond acceptors (Lipinski definition) is 3. The number of aromatic carboxylic acids is 1. The van der Waals surface area contributed by atoms with E-state index in [1.807, 2.05) is 0 Å². The monoisotopic (exact) mass is 201 g/mol. The molecule has 0 fully saturated rings. The number of carbonyl (C=O) groups is 1. The van der Waals surface area contributed by atoms with Crippen LogP contribution < -0.4 is 10.5 Å². The van der Waals surface area contributed by atoms with Gasteiger partial charge in [-0.15, -0.1) is 0 Å². The summed E-state index contributed by atoms with van der Waals surface area (Å²) >= 11 is 5.67. The van der Waals surface area contributed by atoms with E-state index in [9.17, 15) is 4.79 Å². The van der Waals surface area contributed by atoms with Crippen molar-refractivity contribution in [2.45, 2.75) is 0 Å². The molecule has 0 spiro atoms. The van der Waals surface area contributed by atoms with Crippen molar-refractivity contribution in [1.82, 2.24) is 0 Å². The maximum absolute atomic E-state index is 10.6. The van der Waals surface area contributed by atoms with Gasteiger partial charge in [-0.3, -0.25) is 0 Å². The third-order valence-electron chi connectivity index (χ3n) is 1.56.